The standard InChI is InChI=1S/C19H20ClNO3S/c1-4-17(25-14-10-8-13(20)9-11-14)18(22)21-16-7-5-6-15(12(16)2)19(23)24-3/h5-11,17H,4H2,1-3H3,(H,21,22)/t17-/m0/s1. The molecule has 0 fully saturated rings. The Labute approximate surface area is 156 Å². The zero-order chi connectivity index (χ0) is 18.4. The molecule has 0 aromatic heterocycles. The molecule has 0 spiro atoms. The summed E-state index contributed by atoms with van der Waals surface area (Å²) in [5.74, 6) is -0.524. The third kappa shape index (κ3) is 5.00. The number of methoxy groups -OCH3 is 1. The molecule has 0 unspecified atom stereocenters. The highest BCUT2D eigenvalue weighted by atomic mass is 35.5. The number of carbonyl (C=O) groups is 2. The minimum atomic E-state index is -0.420. The highest BCUT2D eigenvalue weighted by Crippen LogP contribution is 2.28. The van der Waals surface area contributed by atoms with Crippen LogP contribution in [0.5, 0.6) is 0 Å². The van der Waals surface area contributed by atoms with E-state index in [9.17, 15) is 9.59 Å². The van der Waals surface area contributed by atoms with Crippen LogP contribution in [0.25, 0.3) is 0 Å². The third-order valence-electron chi connectivity index (χ3n) is 3.75. The van der Waals surface area contributed by atoms with Crippen molar-refractivity contribution in [1.82, 2.24) is 0 Å². The summed E-state index contributed by atoms with van der Waals surface area (Å²) >= 11 is 7.38. The molecule has 1 atom stereocenters. The predicted molar refractivity (Wildman–Crippen MR) is 103 cm³/mol. The van der Waals surface area contributed by atoms with Gasteiger partial charge in [-0.2, -0.15) is 0 Å². The van der Waals surface area contributed by atoms with Gasteiger partial charge in [0.15, 0.2) is 0 Å². The molecule has 0 saturated heterocycles. The maximum absolute atomic E-state index is 12.6. The Morgan fingerprint density at radius 3 is 2.48 bits per heavy atom. The number of esters is 1. The van der Waals surface area contributed by atoms with Crippen molar-refractivity contribution < 1.29 is 14.3 Å². The van der Waals surface area contributed by atoms with Crippen molar-refractivity contribution in [3.05, 3.63) is 58.6 Å². The van der Waals surface area contributed by atoms with Crippen LogP contribution in [0.15, 0.2) is 47.4 Å². The van der Waals surface area contributed by atoms with Gasteiger partial charge in [-0.15, -0.1) is 11.8 Å². The van der Waals surface area contributed by atoms with Crippen LogP contribution >= 0.6 is 23.4 Å². The summed E-state index contributed by atoms with van der Waals surface area (Å²) in [6.45, 7) is 3.75. The quantitative estimate of drug-likeness (QED) is 0.572. The smallest absolute Gasteiger partial charge is 0.338 e. The molecule has 132 valence electrons. The lowest BCUT2D eigenvalue weighted by Crippen LogP contribution is -2.25. The zero-order valence-electron chi connectivity index (χ0n) is 14.3. The van der Waals surface area contributed by atoms with Crippen LogP contribution in [-0.2, 0) is 9.53 Å². The van der Waals surface area contributed by atoms with Crippen LogP contribution in [0.2, 0.25) is 5.02 Å². The molecule has 0 radical (unpaired) electrons. The Balaban J connectivity index is 2.14. The van der Waals surface area contributed by atoms with Crippen molar-refractivity contribution in [2.75, 3.05) is 12.4 Å². The molecular weight excluding hydrogens is 358 g/mol. The highest BCUT2D eigenvalue weighted by Gasteiger charge is 2.20. The van der Waals surface area contributed by atoms with E-state index in [4.69, 9.17) is 16.3 Å². The number of nitrogens with one attached hydrogen (secondary N) is 1. The van der Waals surface area contributed by atoms with Crippen LogP contribution in [0.4, 0.5) is 5.69 Å². The lowest BCUT2D eigenvalue weighted by atomic mass is 10.1. The zero-order valence-corrected chi connectivity index (χ0v) is 15.9. The van der Waals surface area contributed by atoms with Gasteiger partial charge in [0.05, 0.1) is 17.9 Å². The molecule has 0 saturated carbocycles. The number of ether oxygens (including phenoxy) is 1. The molecule has 2 rings (SSSR count). The average molecular weight is 378 g/mol. The maximum Gasteiger partial charge on any atom is 0.338 e. The molecule has 4 nitrogen and oxygen atoms in total. The number of anilines is 1. The fourth-order valence-corrected chi connectivity index (χ4v) is 3.40. The molecule has 0 heterocycles. The number of thioether (sulfide) groups is 1. The Bertz CT molecular complexity index is 762. The minimum Gasteiger partial charge on any atom is -0.465 e. The highest BCUT2D eigenvalue weighted by molar-refractivity contribution is 8.00. The van der Waals surface area contributed by atoms with Gasteiger partial charge in [0, 0.05) is 15.6 Å². The molecule has 2 aromatic rings. The topological polar surface area (TPSA) is 55.4 Å². The van der Waals surface area contributed by atoms with Crippen molar-refractivity contribution in [2.24, 2.45) is 0 Å². The number of halogens is 1. The summed E-state index contributed by atoms with van der Waals surface area (Å²) in [5.41, 5.74) is 1.75. The molecule has 6 heteroatoms. The summed E-state index contributed by atoms with van der Waals surface area (Å²) in [5, 5.41) is 3.33. The third-order valence-corrected chi connectivity index (χ3v) is 5.38. The molecule has 0 aliphatic carbocycles. The molecular formula is C19H20ClNO3S. The van der Waals surface area contributed by atoms with Crippen molar-refractivity contribution in [2.45, 2.75) is 30.4 Å². The van der Waals surface area contributed by atoms with Gasteiger partial charge in [0.25, 0.3) is 0 Å². The number of rotatable bonds is 6. The first kappa shape index (κ1) is 19.3. The predicted octanol–water partition coefficient (Wildman–Crippen LogP) is 4.94. The van der Waals surface area contributed by atoms with Gasteiger partial charge in [-0.3, -0.25) is 4.79 Å². The molecule has 2 aromatic carbocycles. The van der Waals surface area contributed by atoms with Gasteiger partial charge in [-0.25, -0.2) is 4.79 Å². The van der Waals surface area contributed by atoms with Gasteiger partial charge >= 0.3 is 5.97 Å². The Morgan fingerprint density at radius 2 is 1.88 bits per heavy atom. The summed E-state index contributed by atoms with van der Waals surface area (Å²) < 4.78 is 4.77. The number of hydrogen-bond donors (Lipinski definition) is 1. The van der Waals surface area contributed by atoms with E-state index in [1.807, 2.05) is 19.1 Å². The van der Waals surface area contributed by atoms with E-state index in [-0.39, 0.29) is 11.2 Å². The fraction of sp³-hybridized carbons (Fsp3) is 0.263. The summed E-state index contributed by atoms with van der Waals surface area (Å²) in [6, 6.07) is 12.6. The second kappa shape index (κ2) is 8.92. The molecule has 0 aliphatic rings. The van der Waals surface area contributed by atoms with Crippen molar-refractivity contribution in [3.8, 4) is 0 Å². The molecule has 0 aliphatic heterocycles. The van der Waals surface area contributed by atoms with Gasteiger partial charge in [-0.1, -0.05) is 24.6 Å². The van der Waals surface area contributed by atoms with Gasteiger partial charge in [-0.05, 0) is 55.3 Å². The monoisotopic (exact) mass is 377 g/mol. The van der Waals surface area contributed by atoms with Gasteiger partial charge in [0.1, 0.15) is 0 Å². The number of hydrogen-bond acceptors (Lipinski definition) is 4. The Kier molecular flexibility index (Phi) is 6.91. The fourth-order valence-electron chi connectivity index (χ4n) is 2.32. The van der Waals surface area contributed by atoms with Crippen molar-refractivity contribution in [1.29, 1.82) is 0 Å². The van der Waals surface area contributed by atoms with E-state index >= 15 is 0 Å². The number of benzene rings is 2. The SMILES string of the molecule is CC[C@H](Sc1ccc(Cl)cc1)C(=O)Nc1cccc(C(=O)OC)c1C. The maximum atomic E-state index is 12.6. The normalized spacial score (nSPS) is 11.7. The lowest BCUT2D eigenvalue weighted by molar-refractivity contribution is -0.115. The molecule has 1 amide bonds. The van der Waals surface area contributed by atoms with E-state index in [0.29, 0.717) is 28.3 Å². The largest absolute Gasteiger partial charge is 0.465 e. The van der Waals surface area contributed by atoms with Crippen LogP contribution in [0.3, 0.4) is 0 Å². The molecule has 0 bridgehead atoms. The summed E-state index contributed by atoms with van der Waals surface area (Å²) in [7, 11) is 1.34. The molecule has 1 N–H and O–H groups in total. The van der Waals surface area contributed by atoms with Crippen LogP contribution in [-0.4, -0.2) is 24.2 Å². The second-order valence-corrected chi connectivity index (χ2v) is 7.14. The van der Waals surface area contributed by atoms with Gasteiger partial charge < -0.3 is 10.1 Å². The van der Waals surface area contributed by atoms with Crippen LogP contribution in [0, 0.1) is 6.92 Å². The number of carbonyl (C=O) groups excluding carboxylic acids is 2. The van der Waals surface area contributed by atoms with Crippen LogP contribution in [0.1, 0.15) is 29.3 Å². The average Bonchev–Trinajstić information content (AvgIpc) is 2.62. The van der Waals surface area contributed by atoms with Crippen molar-refractivity contribution >= 4 is 40.9 Å². The lowest BCUT2D eigenvalue weighted by Gasteiger charge is -2.17. The minimum absolute atomic E-state index is 0.104. The van der Waals surface area contributed by atoms with Crippen LogP contribution < -0.4 is 5.32 Å². The van der Waals surface area contributed by atoms with Gasteiger partial charge in [0.2, 0.25) is 5.91 Å². The van der Waals surface area contributed by atoms with E-state index in [1.165, 1.54) is 18.9 Å². The Hall–Kier alpha value is -1.98. The first-order valence-corrected chi connectivity index (χ1v) is 9.13. The molecule has 25 heavy (non-hydrogen) atoms. The second-order valence-electron chi connectivity index (χ2n) is 5.43. The van der Waals surface area contributed by atoms with E-state index in [1.54, 1.807) is 37.3 Å². The Morgan fingerprint density at radius 1 is 1.20 bits per heavy atom. The first-order chi connectivity index (χ1) is 12.0. The van der Waals surface area contributed by atoms with Crippen molar-refractivity contribution in [3.63, 3.8) is 0 Å². The number of amides is 1. The summed E-state index contributed by atoms with van der Waals surface area (Å²) in [6.07, 6.45) is 0.675. The van der Waals surface area contributed by atoms with E-state index < -0.39 is 5.97 Å². The summed E-state index contributed by atoms with van der Waals surface area (Å²) in [4.78, 5) is 25.4. The van der Waals surface area contributed by atoms with E-state index in [0.717, 1.165) is 4.90 Å². The van der Waals surface area contributed by atoms with E-state index in [2.05, 4.69) is 5.32 Å². The first-order valence-electron chi connectivity index (χ1n) is 7.87.